The Balaban J connectivity index is 2.06. The third-order valence-electron chi connectivity index (χ3n) is 2.53. The van der Waals surface area contributed by atoms with Crippen LogP contribution in [0.3, 0.4) is 0 Å². The van der Waals surface area contributed by atoms with Crippen molar-refractivity contribution in [2.75, 3.05) is 5.43 Å². The van der Waals surface area contributed by atoms with Crippen LogP contribution in [0.2, 0.25) is 0 Å². The lowest BCUT2D eigenvalue weighted by atomic mass is 10.2. The first kappa shape index (κ1) is 9.77. The number of para-hydroxylation sites is 1. The number of hydrogen-bond donors (Lipinski definition) is 2. The van der Waals surface area contributed by atoms with Gasteiger partial charge in [-0.1, -0.05) is 18.2 Å². The second-order valence-corrected chi connectivity index (χ2v) is 3.58. The smallest absolute Gasteiger partial charge is 0.0653 e. The Morgan fingerprint density at radius 3 is 2.73 bits per heavy atom. The molecule has 2 rings (SSSR count). The van der Waals surface area contributed by atoms with E-state index < -0.39 is 0 Å². The molecule has 0 atom stereocenters. The number of allylic oxidation sites excluding steroid dienone is 1. The quantitative estimate of drug-likeness (QED) is 0.722. The molecule has 1 saturated carbocycles. The maximum Gasteiger partial charge on any atom is 0.0653 e. The second kappa shape index (κ2) is 4.64. The summed E-state index contributed by atoms with van der Waals surface area (Å²) in [5, 5.41) is 4.36. The number of nitrogens with two attached hydrogens (primary N) is 1. The Hall–Kier alpha value is -1.77. The summed E-state index contributed by atoms with van der Waals surface area (Å²) in [4.78, 5) is 0. The van der Waals surface area contributed by atoms with Gasteiger partial charge in [0.2, 0.25) is 0 Å². The number of anilines is 1. The van der Waals surface area contributed by atoms with Crippen LogP contribution in [-0.4, -0.2) is 5.71 Å². The van der Waals surface area contributed by atoms with E-state index in [1.54, 1.807) is 6.20 Å². The summed E-state index contributed by atoms with van der Waals surface area (Å²) >= 11 is 0. The van der Waals surface area contributed by atoms with Gasteiger partial charge in [0, 0.05) is 0 Å². The van der Waals surface area contributed by atoms with Crippen molar-refractivity contribution in [2.24, 2.45) is 10.8 Å². The number of rotatable bonds is 2. The van der Waals surface area contributed by atoms with Crippen LogP contribution in [0.25, 0.3) is 0 Å². The van der Waals surface area contributed by atoms with Gasteiger partial charge in [-0.3, -0.25) is 5.43 Å². The molecule has 3 N–H and O–H groups in total. The van der Waals surface area contributed by atoms with E-state index in [4.69, 9.17) is 5.73 Å². The number of hydrogen-bond acceptors (Lipinski definition) is 3. The molecule has 3 nitrogen and oxygen atoms in total. The first-order chi connectivity index (χ1) is 7.40. The van der Waals surface area contributed by atoms with Crippen molar-refractivity contribution in [1.29, 1.82) is 0 Å². The fourth-order valence-corrected chi connectivity index (χ4v) is 1.70. The Kier molecular flexibility index (Phi) is 3.02. The van der Waals surface area contributed by atoms with Crippen LogP contribution < -0.4 is 11.2 Å². The molecule has 0 unspecified atom stereocenters. The van der Waals surface area contributed by atoms with Crippen molar-refractivity contribution < 1.29 is 0 Å². The van der Waals surface area contributed by atoms with Gasteiger partial charge in [0.15, 0.2) is 0 Å². The lowest BCUT2D eigenvalue weighted by Crippen LogP contribution is -2.01. The van der Waals surface area contributed by atoms with Crippen molar-refractivity contribution in [3.8, 4) is 0 Å². The highest BCUT2D eigenvalue weighted by Gasteiger charge is 2.14. The Bertz CT molecular complexity index is 379. The zero-order valence-electron chi connectivity index (χ0n) is 8.61. The summed E-state index contributed by atoms with van der Waals surface area (Å²) in [5.74, 6) is 0. The minimum absolute atomic E-state index is 1.01. The van der Waals surface area contributed by atoms with Crippen molar-refractivity contribution in [3.63, 3.8) is 0 Å². The molecule has 1 aliphatic carbocycles. The predicted octanol–water partition coefficient (Wildman–Crippen LogP) is 2.48. The molecule has 0 aromatic heterocycles. The van der Waals surface area contributed by atoms with Crippen molar-refractivity contribution >= 4 is 11.4 Å². The number of nitrogens with zero attached hydrogens (tertiary/aromatic N) is 1. The fourth-order valence-electron chi connectivity index (χ4n) is 1.70. The first-order valence-corrected chi connectivity index (χ1v) is 5.19. The molecule has 3 heteroatoms. The van der Waals surface area contributed by atoms with Crippen LogP contribution >= 0.6 is 0 Å². The molecule has 1 fully saturated rings. The van der Waals surface area contributed by atoms with E-state index in [2.05, 4.69) is 10.5 Å². The molecule has 1 aliphatic rings. The largest absolute Gasteiger partial charge is 0.404 e. The van der Waals surface area contributed by atoms with E-state index in [9.17, 15) is 0 Å². The van der Waals surface area contributed by atoms with E-state index in [-0.39, 0.29) is 0 Å². The van der Waals surface area contributed by atoms with Gasteiger partial charge in [-0.15, -0.1) is 0 Å². The monoisotopic (exact) mass is 201 g/mol. The Morgan fingerprint density at radius 1 is 1.20 bits per heavy atom. The molecule has 0 bridgehead atoms. The molecular weight excluding hydrogens is 186 g/mol. The van der Waals surface area contributed by atoms with Gasteiger partial charge in [-0.25, -0.2) is 0 Å². The minimum atomic E-state index is 1.01. The second-order valence-electron chi connectivity index (χ2n) is 3.58. The minimum Gasteiger partial charge on any atom is -0.404 e. The number of benzene rings is 1. The summed E-state index contributed by atoms with van der Waals surface area (Å²) in [6.45, 7) is 0. The van der Waals surface area contributed by atoms with Gasteiger partial charge < -0.3 is 5.73 Å². The van der Waals surface area contributed by atoms with Crippen LogP contribution in [0.15, 0.2) is 47.2 Å². The first-order valence-electron chi connectivity index (χ1n) is 5.19. The number of nitrogens with one attached hydrogen (secondary N) is 1. The van der Waals surface area contributed by atoms with Gasteiger partial charge in [-0.2, -0.15) is 5.10 Å². The molecule has 15 heavy (non-hydrogen) atoms. The maximum atomic E-state index is 5.52. The SMILES string of the molecule is N/C=C1\CCC\C1=N\Nc1ccccc1. The van der Waals surface area contributed by atoms with Crippen LogP contribution in [-0.2, 0) is 0 Å². The van der Waals surface area contributed by atoms with Gasteiger partial charge in [0.05, 0.1) is 11.4 Å². The molecule has 0 heterocycles. The molecular formula is C12H15N3. The maximum absolute atomic E-state index is 5.52. The molecule has 0 amide bonds. The lowest BCUT2D eigenvalue weighted by molar-refractivity contribution is 0.944. The predicted molar refractivity (Wildman–Crippen MR) is 63.6 cm³/mol. The highest BCUT2D eigenvalue weighted by molar-refractivity contribution is 6.02. The number of hydrazone groups is 1. The summed E-state index contributed by atoms with van der Waals surface area (Å²) in [6, 6.07) is 9.93. The van der Waals surface area contributed by atoms with Crippen LogP contribution in [0.4, 0.5) is 5.69 Å². The van der Waals surface area contributed by atoms with E-state index >= 15 is 0 Å². The summed E-state index contributed by atoms with van der Waals surface area (Å²) < 4.78 is 0. The topological polar surface area (TPSA) is 50.4 Å². The summed E-state index contributed by atoms with van der Waals surface area (Å²) in [6.07, 6.45) is 4.88. The summed E-state index contributed by atoms with van der Waals surface area (Å²) in [7, 11) is 0. The zero-order valence-corrected chi connectivity index (χ0v) is 8.61. The molecule has 1 aromatic rings. The van der Waals surface area contributed by atoms with Gasteiger partial charge in [-0.05, 0) is 43.2 Å². The molecule has 0 radical (unpaired) electrons. The van der Waals surface area contributed by atoms with Crippen molar-refractivity contribution in [1.82, 2.24) is 0 Å². The van der Waals surface area contributed by atoms with Crippen LogP contribution in [0.5, 0.6) is 0 Å². The van der Waals surface area contributed by atoms with Gasteiger partial charge in [0.1, 0.15) is 0 Å². The van der Waals surface area contributed by atoms with E-state index in [1.165, 1.54) is 5.57 Å². The van der Waals surface area contributed by atoms with E-state index in [0.717, 1.165) is 30.7 Å². The van der Waals surface area contributed by atoms with Crippen molar-refractivity contribution in [2.45, 2.75) is 19.3 Å². The van der Waals surface area contributed by atoms with Crippen molar-refractivity contribution in [3.05, 3.63) is 42.1 Å². The average Bonchev–Trinajstić information content (AvgIpc) is 2.75. The molecule has 0 spiro atoms. The molecule has 0 saturated heterocycles. The van der Waals surface area contributed by atoms with Gasteiger partial charge in [0.25, 0.3) is 0 Å². The standard InChI is InChI=1S/C12H15N3/c13-9-10-5-4-8-12(10)15-14-11-6-2-1-3-7-11/h1-3,6-7,9,14H,4-5,8,13H2/b10-9+,15-12-. The van der Waals surface area contributed by atoms with E-state index in [1.807, 2.05) is 30.3 Å². The highest BCUT2D eigenvalue weighted by Crippen LogP contribution is 2.21. The lowest BCUT2D eigenvalue weighted by Gasteiger charge is -2.02. The van der Waals surface area contributed by atoms with Gasteiger partial charge >= 0.3 is 0 Å². The zero-order chi connectivity index (χ0) is 10.5. The molecule has 0 aliphatic heterocycles. The van der Waals surface area contributed by atoms with Crippen LogP contribution in [0.1, 0.15) is 19.3 Å². The Morgan fingerprint density at radius 2 is 2.00 bits per heavy atom. The third kappa shape index (κ3) is 2.37. The third-order valence-corrected chi connectivity index (χ3v) is 2.53. The summed E-state index contributed by atoms with van der Waals surface area (Å²) in [5.41, 5.74) is 11.8. The average molecular weight is 201 g/mol. The van der Waals surface area contributed by atoms with Crippen LogP contribution in [0, 0.1) is 0 Å². The Labute approximate surface area is 89.7 Å². The molecule has 1 aromatic carbocycles. The highest BCUT2D eigenvalue weighted by atomic mass is 15.3. The van der Waals surface area contributed by atoms with E-state index in [0.29, 0.717) is 0 Å². The molecule has 78 valence electrons. The normalized spacial score (nSPS) is 21.1. The fraction of sp³-hybridized carbons (Fsp3) is 0.250.